The van der Waals surface area contributed by atoms with Gasteiger partial charge in [0, 0.05) is 6.04 Å². The predicted molar refractivity (Wildman–Crippen MR) is 78.2 cm³/mol. The minimum absolute atomic E-state index is 0.425. The Kier molecular flexibility index (Phi) is 2.72. The molecule has 0 aromatic heterocycles. The van der Waals surface area contributed by atoms with Gasteiger partial charge in [-0.2, -0.15) is 0 Å². The monoisotopic (exact) mass is 259 g/mol. The van der Waals surface area contributed by atoms with Crippen LogP contribution >= 0.6 is 0 Å². The minimum atomic E-state index is 0.425. The van der Waals surface area contributed by atoms with E-state index in [0.717, 1.165) is 30.9 Å². The summed E-state index contributed by atoms with van der Waals surface area (Å²) < 4.78 is 0. The fourth-order valence-electron chi connectivity index (χ4n) is 3.95. The molecule has 1 atom stereocenters. The zero-order valence-corrected chi connectivity index (χ0v) is 12.5. The van der Waals surface area contributed by atoms with Crippen LogP contribution in [0.25, 0.3) is 0 Å². The Hall–Kier alpha value is -1.02. The largest absolute Gasteiger partial charge is 0.508 e. The maximum Gasteiger partial charge on any atom is 0.119 e. The Morgan fingerprint density at radius 3 is 2.53 bits per heavy atom. The van der Waals surface area contributed by atoms with E-state index in [0.29, 0.717) is 22.6 Å². The molecule has 0 amide bonds. The van der Waals surface area contributed by atoms with E-state index >= 15 is 0 Å². The third-order valence-electron chi connectivity index (χ3n) is 6.13. The first-order valence-corrected chi connectivity index (χ1v) is 7.40. The Morgan fingerprint density at radius 1 is 1.21 bits per heavy atom. The summed E-state index contributed by atoms with van der Waals surface area (Å²) in [4.78, 5) is 0. The first-order chi connectivity index (χ1) is 8.85. The molecule has 19 heavy (non-hydrogen) atoms. The lowest BCUT2D eigenvalue weighted by Crippen LogP contribution is -2.23. The molecule has 104 valence electrons. The van der Waals surface area contributed by atoms with Crippen molar-refractivity contribution in [1.29, 1.82) is 0 Å². The van der Waals surface area contributed by atoms with Crippen molar-refractivity contribution in [2.24, 2.45) is 16.7 Å². The normalized spacial score (nSPS) is 27.3. The SMILES string of the molecule is CC1(C)C(CNC2CCc3c(O)cccc32)C1(C)C. The van der Waals surface area contributed by atoms with Gasteiger partial charge in [0.25, 0.3) is 0 Å². The third kappa shape index (κ3) is 1.80. The quantitative estimate of drug-likeness (QED) is 0.868. The molecule has 0 radical (unpaired) electrons. The van der Waals surface area contributed by atoms with E-state index in [1.807, 2.05) is 6.07 Å². The Labute approximate surface area is 116 Å². The molecule has 1 aromatic rings. The lowest BCUT2D eigenvalue weighted by atomic mass is 10.0. The van der Waals surface area contributed by atoms with Crippen molar-refractivity contribution in [2.75, 3.05) is 6.54 Å². The molecule has 0 heterocycles. The van der Waals surface area contributed by atoms with E-state index < -0.39 is 0 Å². The molecule has 2 aliphatic rings. The number of nitrogens with one attached hydrogen (secondary N) is 1. The summed E-state index contributed by atoms with van der Waals surface area (Å²) in [6.07, 6.45) is 2.11. The molecular weight excluding hydrogens is 234 g/mol. The molecular formula is C17H25NO. The van der Waals surface area contributed by atoms with Crippen molar-refractivity contribution < 1.29 is 5.11 Å². The van der Waals surface area contributed by atoms with E-state index in [4.69, 9.17) is 0 Å². The Bertz CT molecular complexity index is 490. The van der Waals surface area contributed by atoms with Crippen LogP contribution in [0.15, 0.2) is 18.2 Å². The van der Waals surface area contributed by atoms with Crippen molar-refractivity contribution >= 4 is 0 Å². The Balaban J connectivity index is 1.67. The van der Waals surface area contributed by atoms with Gasteiger partial charge in [-0.05, 0) is 53.3 Å². The summed E-state index contributed by atoms with van der Waals surface area (Å²) in [5.74, 6) is 1.22. The smallest absolute Gasteiger partial charge is 0.119 e. The maximum absolute atomic E-state index is 9.88. The van der Waals surface area contributed by atoms with E-state index in [1.165, 1.54) is 5.56 Å². The van der Waals surface area contributed by atoms with Crippen molar-refractivity contribution in [3.63, 3.8) is 0 Å². The van der Waals surface area contributed by atoms with Crippen molar-refractivity contribution in [1.82, 2.24) is 5.32 Å². The van der Waals surface area contributed by atoms with Crippen molar-refractivity contribution in [2.45, 2.75) is 46.6 Å². The van der Waals surface area contributed by atoms with Crippen LogP contribution in [-0.4, -0.2) is 11.7 Å². The molecule has 1 unspecified atom stereocenters. The van der Waals surface area contributed by atoms with Gasteiger partial charge in [-0.3, -0.25) is 0 Å². The second-order valence-corrected chi connectivity index (χ2v) is 7.34. The number of rotatable bonds is 3. The van der Waals surface area contributed by atoms with Crippen molar-refractivity contribution in [3.05, 3.63) is 29.3 Å². The van der Waals surface area contributed by atoms with E-state index in [-0.39, 0.29) is 0 Å². The average Bonchev–Trinajstić information content (AvgIpc) is 2.67. The molecule has 2 nitrogen and oxygen atoms in total. The number of phenols is 1. The van der Waals surface area contributed by atoms with Gasteiger partial charge in [0.1, 0.15) is 5.75 Å². The molecule has 1 aromatic carbocycles. The van der Waals surface area contributed by atoms with Gasteiger partial charge in [0.2, 0.25) is 0 Å². The summed E-state index contributed by atoms with van der Waals surface area (Å²) in [5.41, 5.74) is 3.34. The number of hydrogen-bond donors (Lipinski definition) is 2. The van der Waals surface area contributed by atoms with Gasteiger partial charge in [-0.25, -0.2) is 0 Å². The highest BCUT2D eigenvalue weighted by molar-refractivity contribution is 5.44. The molecule has 0 bridgehead atoms. The first kappa shape index (κ1) is 13.0. The Morgan fingerprint density at radius 2 is 1.89 bits per heavy atom. The maximum atomic E-state index is 9.88. The van der Waals surface area contributed by atoms with Crippen LogP contribution in [0.3, 0.4) is 0 Å². The van der Waals surface area contributed by atoms with Gasteiger partial charge >= 0.3 is 0 Å². The topological polar surface area (TPSA) is 32.3 Å². The summed E-state index contributed by atoms with van der Waals surface area (Å²) in [5, 5.41) is 13.6. The first-order valence-electron chi connectivity index (χ1n) is 7.40. The van der Waals surface area contributed by atoms with Crippen LogP contribution in [0.5, 0.6) is 5.75 Å². The van der Waals surface area contributed by atoms with Crippen LogP contribution in [-0.2, 0) is 6.42 Å². The molecule has 1 saturated carbocycles. The van der Waals surface area contributed by atoms with Crippen LogP contribution in [0.1, 0.15) is 51.3 Å². The summed E-state index contributed by atoms with van der Waals surface area (Å²) in [6, 6.07) is 6.34. The van der Waals surface area contributed by atoms with Gasteiger partial charge in [-0.15, -0.1) is 0 Å². The number of aromatic hydroxyl groups is 1. The highest BCUT2D eigenvalue weighted by Gasteiger charge is 2.63. The predicted octanol–water partition coefficient (Wildman–Crippen LogP) is 3.65. The van der Waals surface area contributed by atoms with E-state index in [9.17, 15) is 5.11 Å². The van der Waals surface area contributed by atoms with Gasteiger partial charge in [0.05, 0.1) is 0 Å². The number of phenolic OH excluding ortho intramolecular Hbond substituents is 1. The molecule has 1 fully saturated rings. The zero-order chi connectivity index (χ0) is 13.8. The molecule has 3 rings (SSSR count). The number of hydrogen-bond acceptors (Lipinski definition) is 2. The zero-order valence-electron chi connectivity index (χ0n) is 12.5. The standard InChI is InChI=1S/C17H25NO/c1-16(2)15(17(16,3)4)10-18-13-9-8-12-11(13)6-5-7-14(12)19/h5-7,13,15,18-19H,8-10H2,1-4H3. The molecule has 2 heteroatoms. The van der Waals surface area contributed by atoms with Gasteiger partial charge < -0.3 is 10.4 Å². The highest BCUT2D eigenvalue weighted by Crippen LogP contribution is 2.68. The fraction of sp³-hybridized carbons (Fsp3) is 0.647. The molecule has 0 spiro atoms. The minimum Gasteiger partial charge on any atom is -0.508 e. The number of fused-ring (bicyclic) bond motifs is 1. The fourth-order valence-corrected chi connectivity index (χ4v) is 3.95. The van der Waals surface area contributed by atoms with Crippen LogP contribution in [0.2, 0.25) is 0 Å². The van der Waals surface area contributed by atoms with Crippen LogP contribution < -0.4 is 5.32 Å². The summed E-state index contributed by atoms with van der Waals surface area (Å²) >= 11 is 0. The van der Waals surface area contributed by atoms with Crippen LogP contribution in [0.4, 0.5) is 0 Å². The molecule has 0 saturated heterocycles. The van der Waals surface area contributed by atoms with E-state index in [2.05, 4.69) is 39.1 Å². The highest BCUT2D eigenvalue weighted by atomic mass is 16.3. The van der Waals surface area contributed by atoms with Crippen molar-refractivity contribution in [3.8, 4) is 5.75 Å². The lowest BCUT2D eigenvalue weighted by Gasteiger charge is -2.15. The molecule has 2 N–H and O–H groups in total. The van der Waals surface area contributed by atoms with Gasteiger partial charge in [0.15, 0.2) is 0 Å². The molecule has 0 aliphatic heterocycles. The lowest BCUT2D eigenvalue weighted by molar-refractivity contribution is 0.457. The van der Waals surface area contributed by atoms with Crippen LogP contribution in [0, 0.1) is 16.7 Å². The summed E-state index contributed by atoms with van der Waals surface area (Å²) in [7, 11) is 0. The third-order valence-corrected chi connectivity index (χ3v) is 6.13. The second-order valence-electron chi connectivity index (χ2n) is 7.34. The summed E-state index contributed by atoms with van der Waals surface area (Å²) in [6.45, 7) is 10.6. The number of benzene rings is 1. The average molecular weight is 259 g/mol. The molecule has 2 aliphatic carbocycles. The van der Waals surface area contributed by atoms with Gasteiger partial charge in [-0.1, -0.05) is 39.8 Å². The second kappa shape index (κ2) is 3.99. The van der Waals surface area contributed by atoms with E-state index in [1.54, 1.807) is 6.07 Å².